The van der Waals surface area contributed by atoms with Gasteiger partial charge in [0.2, 0.25) is 0 Å². The maximum absolute atomic E-state index is 13.2. The van der Waals surface area contributed by atoms with Gasteiger partial charge in [-0.15, -0.1) is 0 Å². The molecule has 1 aromatic carbocycles. The van der Waals surface area contributed by atoms with Crippen molar-refractivity contribution in [1.82, 2.24) is 5.32 Å². The van der Waals surface area contributed by atoms with Gasteiger partial charge in [0, 0.05) is 6.07 Å². The predicted octanol–water partition coefficient (Wildman–Crippen LogP) is 2.08. The van der Waals surface area contributed by atoms with Gasteiger partial charge in [-0.1, -0.05) is 0 Å². The van der Waals surface area contributed by atoms with Gasteiger partial charge in [0.05, 0.1) is 4.47 Å². The van der Waals surface area contributed by atoms with E-state index in [0.29, 0.717) is 23.1 Å². The first kappa shape index (κ1) is 12.8. The van der Waals surface area contributed by atoms with Gasteiger partial charge in [-0.3, -0.25) is 0 Å². The molecule has 1 aliphatic rings. The lowest BCUT2D eigenvalue weighted by Crippen LogP contribution is -2.45. The highest BCUT2D eigenvalue weighted by Gasteiger charge is 2.29. The molecule has 0 aromatic heterocycles. The highest BCUT2D eigenvalue weighted by Crippen LogP contribution is 2.23. The number of benzene rings is 1. The molecule has 0 saturated carbocycles. The molecule has 3 nitrogen and oxygen atoms in total. The van der Waals surface area contributed by atoms with Crippen LogP contribution in [0.5, 0.6) is 5.75 Å². The van der Waals surface area contributed by atoms with E-state index in [9.17, 15) is 9.50 Å². The highest BCUT2D eigenvalue weighted by molar-refractivity contribution is 9.10. The number of hydrogen-bond donors (Lipinski definition) is 2. The van der Waals surface area contributed by atoms with Crippen LogP contribution in [0.2, 0.25) is 0 Å². The number of aliphatic hydroxyl groups is 1. The van der Waals surface area contributed by atoms with Crippen molar-refractivity contribution in [2.24, 2.45) is 0 Å². The molecule has 17 heavy (non-hydrogen) atoms. The van der Waals surface area contributed by atoms with Crippen LogP contribution in [0.25, 0.3) is 0 Å². The Bertz CT molecular complexity index is 394. The minimum atomic E-state index is -0.797. The smallest absolute Gasteiger partial charge is 0.141 e. The number of ether oxygens (including phenoxy) is 1. The Morgan fingerprint density at radius 2 is 2.12 bits per heavy atom. The van der Waals surface area contributed by atoms with Crippen molar-refractivity contribution < 1.29 is 14.2 Å². The number of rotatable bonds is 3. The van der Waals surface area contributed by atoms with Crippen LogP contribution in [0, 0.1) is 5.82 Å². The fourth-order valence-corrected chi connectivity index (χ4v) is 2.07. The molecule has 0 bridgehead atoms. The van der Waals surface area contributed by atoms with E-state index in [-0.39, 0.29) is 12.4 Å². The van der Waals surface area contributed by atoms with E-state index in [2.05, 4.69) is 21.2 Å². The lowest BCUT2D eigenvalue weighted by Gasteiger charge is -2.32. The van der Waals surface area contributed by atoms with Crippen molar-refractivity contribution in [1.29, 1.82) is 0 Å². The minimum absolute atomic E-state index is 0.204. The predicted molar refractivity (Wildman–Crippen MR) is 66.6 cm³/mol. The van der Waals surface area contributed by atoms with Crippen LogP contribution >= 0.6 is 15.9 Å². The zero-order valence-electron chi connectivity index (χ0n) is 9.38. The molecule has 1 aromatic rings. The third-order valence-corrected chi connectivity index (χ3v) is 3.58. The molecule has 2 N–H and O–H groups in total. The number of hydrogen-bond acceptors (Lipinski definition) is 3. The van der Waals surface area contributed by atoms with E-state index >= 15 is 0 Å². The molecule has 1 aliphatic heterocycles. The molecule has 1 saturated heterocycles. The van der Waals surface area contributed by atoms with Gasteiger partial charge in [-0.05, 0) is 54.0 Å². The summed E-state index contributed by atoms with van der Waals surface area (Å²) in [5, 5.41) is 13.4. The zero-order valence-corrected chi connectivity index (χ0v) is 11.0. The molecule has 5 heteroatoms. The Kier molecular flexibility index (Phi) is 4.01. The van der Waals surface area contributed by atoms with E-state index < -0.39 is 5.60 Å². The van der Waals surface area contributed by atoms with Gasteiger partial charge in [0.1, 0.15) is 23.8 Å². The number of nitrogens with one attached hydrogen (secondary N) is 1. The second-order valence-electron chi connectivity index (χ2n) is 4.34. The third-order valence-electron chi connectivity index (χ3n) is 2.93. The Labute approximate surface area is 108 Å². The monoisotopic (exact) mass is 303 g/mol. The van der Waals surface area contributed by atoms with Gasteiger partial charge >= 0.3 is 0 Å². The van der Waals surface area contributed by atoms with Gasteiger partial charge < -0.3 is 15.2 Å². The molecule has 0 amide bonds. The summed E-state index contributed by atoms with van der Waals surface area (Å²) in [6.07, 6.45) is 1.32. The summed E-state index contributed by atoms with van der Waals surface area (Å²) in [6, 6.07) is 4.59. The van der Waals surface area contributed by atoms with Crippen LogP contribution in [0.15, 0.2) is 22.7 Å². The van der Waals surface area contributed by atoms with E-state index in [4.69, 9.17) is 4.74 Å². The van der Waals surface area contributed by atoms with E-state index in [1.807, 2.05) is 0 Å². The van der Waals surface area contributed by atoms with Crippen LogP contribution in [-0.4, -0.2) is 30.4 Å². The van der Waals surface area contributed by atoms with Gasteiger partial charge in [-0.25, -0.2) is 4.39 Å². The minimum Gasteiger partial charge on any atom is -0.490 e. The van der Waals surface area contributed by atoms with Crippen LogP contribution < -0.4 is 10.1 Å². The van der Waals surface area contributed by atoms with Crippen molar-refractivity contribution in [2.45, 2.75) is 18.4 Å². The molecule has 0 unspecified atom stereocenters. The fourth-order valence-electron chi connectivity index (χ4n) is 1.82. The van der Waals surface area contributed by atoms with Crippen LogP contribution in [0.3, 0.4) is 0 Å². The van der Waals surface area contributed by atoms with Gasteiger partial charge in [0.15, 0.2) is 0 Å². The SMILES string of the molecule is OC1(COc2ccc(Br)c(F)c2)CCNCC1. The first-order valence-corrected chi connectivity index (χ1v) is 6.39. The molecule has 0 aliphatic carbocycles. The third kappa shape index (κ3) is 3.40. The van der Waals surface area contributed by atoms with E-state index in [0.717, 1.165) is 13.1 Å². The molecular weight excluding hydrogens is 289 g/mol. The lowest BCUT2D eigenvalue weighted by molar-refractivity contribution is -0.0286. The first-order chi connectivity index (χ1) is 8.09. The van der Waals surface area contributed by atoms with Crippen molar-refractivity contribution in [2.75, 3.05) is 19.7 Å². The summed E-state index contributed by atoms with van der Waals surface area (Å²) < 4.78 is 19.1. The number of piperidine rings is 1. The van der Waals surface area contributed by atoms with Crippen LogP contribution in [0.4, 0.5) is 4.39 Å². The number of halogens is 2. The summed E-state index contributed by atoms with van der Waals surface area (Å²) in [7, 11) is 0. The van der Waals surface area contributed by atoms with Crippen molar-refractivity contribution in [3.8, 4) is 5.75 Å². The van der Waals surface area contributed by atoms with E-state index in [1.165, 1.54) is 6.07 Å². The standard InChI is InChI=1S/C12H15BrFNO2/c13-10-2-1-9(7-11(10)14)17-8-12(16)3-5-15-6-4-12/h1-2,7,15-16H,3-6,8H2. The second kappa shape index (κ2) is 5.33. The first-order valence-electron chi connectivity index (χ1n) is 5.60. The molecule has 0 radical (unpaired) electrons. The Balaban J connectivity index is 1.94. The van der Waals surface area contributed by atoms with Crippen LogP contribution in [-0.2, 0) is 0 Å². The quantitative estimate of drug-likeness (QED) is 0.898. The van der Waals surface area contributed by atoms with Crippen LogP contribution in [0.1, 0.15) is 12.8 Å². The summed E-state index contributed by atoms with van der Waals surface area (Å²) in [4.78, 5) is 0. The summed E-state index contributed by atoms with van der Waals surface area (Å²) in [6.45, 7) is 1.78. The molecule has 1 heterocycles. The molecule has 94 valence electrons. The Morgan fingerprint density at radius 1 is 1.41 bits per heavy atom. The Morgan fingerprint density at radius 3 is 2.76 bits per heavy atom. The molecule has 0 atom stereocenters. The average Bonchev–Trinajstić information content (AvgIpc) is 2.32. The van der Waals surface area contributed by atoms with E-state index in [1.54, 1.807) is 12.1 Å². The van der Waals surface area contributed by atoms with Gasteiger partial charge in [0.25, 0.3) is 0 Å². The summed E-state index contributed by atoms with van der Waals surface area (Å²) >= 11 is 3.08. The topological polar surface area (TPSA) is 41.5 Å². The largest absolute Gasteiger partial charge is 0.490 e. The molecule has 0 spiro atoms. The lowest BCUT2D eigenvalue weighted by atomic mass is 9.94. The normalized spacial score (nSPS) is 19.0. The maximum atomic E-state index is 13.2. The second-order valence-corrected chi connectivity index (χ2v) is 5.19. The highest BCUT2D eigenvalue weighted by atomic mass is 79.9. The maximum Gasteiger partial charge on any atom is 0.141 e. The summed E-state index contributed by atoms with van der Waals surface area (Å²) in [5.74, 6) is 0.0810. The molecule has 1 fully saturated rings. The average molecular weight is 304 g/mol. The molecular formula is C12H15BrFNO2. The van der Waals surface area contributed by atoms with Gasteiger partial charge in [-0.2, -0.15) is 0 Å². The Hall–Kier alpha value is -0.650. The molecule has 2 rings (SSSR count). The van der Waals surface area contributed by atoms with Crippen molar-refractivity contribution in [3.05, 3.63) is 28.5 Å². The zero-order chi connectivity index (χ0) is 12.3. The van der Waals surface area contributed by atoms with Crippen molar-refractivity contribution >= 4 is 15.9 Å². The fraction of sp³-hybridized carbons (Fsp3) is 0.500. The van der Waals surface area contributed by atoms with Crippen molar-refractivity contribution in [3.63, 3.8) is 0 Å². The summed E-state index contributed by atoms with van der Waals surface area (Å²) in [5.41, 5.74) is -0.797.